The third-order valence-corrected chi connectivity index (χ3v) is 4.73. The molecule has 4 heterocycles. The van der Waals surface area contributed by atoms with Gasteiger partial charge in [-0.3, -0.25) is 9.88 Å². The van der Waals surface area contributed by atoms with Gasteiger partial charge in [-0.05, 0) is 19.4 Å². The highest BCUT2D eigenvalue weighted by atomic mass is 16.6. The molecule has 1 spiro atoms. The lowest BCUT2D eigenvalue weighted by atomic mass is 9.94. The Kier molecular flexibility index (Phi) is 3.46. The third-order valence-electron chi connectivity index (χ3n) is 4.73. The van der Waals surface area contributed by atoms with Gasteiger partial charge < -0.3 is 14.8 Å². The molecule has 118 valence electrons. The molecule has 4 rings (SSSR count). The first kappa shape index (κ1) is 13.9. The van der Waals surface area contributed by atoms with Crippen molar-refractivity contribution in [3.63, 3.8) is 0 Å². The zero-order valence-electron chi connectivity index (χ0n) is 12.5. The number of hydrogen-bond donors (Lipinski definition) is 1. The Morgan fingerprint density at radius 3 is 2.82 bits per heavy atom. The summed E-state index contributed by atoms with van der Waals surface area (Å²) in [5.41, 5.74) is 0.525. The molecule has 1 N–H and O–H groups in total. The van der Waals surface area contributed by atoms with Crippen LogP contribution in [0.25, 0.3) is 0 Å². The molecule has 1 aromatic heterocycles. The van der Waals surface area contributed by atoms with Gasteiger partial charge in [0.2, 0.25) is 0 Å². The normalized spacial score (nSPS) is 27.4. The van der Waals surface area contributed by atoms with Gasteiger partial charge in [0.25, 0.3) is 0 Å². The second-order valence-corrected chi connectivity index (χ2v) is 6.20. The summed E-state index contributed by atoms with van der Waals surface area (Å²) in [5, 5.41) is 3.40. The van der Waals surface area contributed by atoms with E-state index >= 15 is 0 Å². The van der Waals surface area contributed by atoms with Crippen molar-refractivity contribution in [3.8, 4) is 0 Å². The van der Waals surface area contributed by atoms with Gasteiger partial charge in [-0.2, -0.15) is 0 Å². The lowest BCUT2D eigenvalue weighted by Crippen LogP contribution is -2.40. The number of nitrogens with zero attached hydrogens (tertiary/aromatic N) is 3. The molecule has 0 radical (unpaired) electrons. The number of anilines is 1. The van der Waals surface area contributed by atoms with Gasteiger partial charge in [0.05, 0.1) is 43.9 Å². The fourth-order valence-corrected chi connectivity index (χ4v) is 3.39. The largest absolute Gasteiger partial charge is 0.440 e. The minimum Gasteiger partial charge on any atom is -0.440 e. The molecule has 0 unspecified atom stereocenters. The molecule has 0 bridgehead atoms. The Morgan fingerprint density at radius 2 is 2.14 bits per heavy atom. The lowest BCUT2D eigenvalue weighted by molar-refractivity contribution is -0.0431. The van der Waals surface area contributed by atoms with E-state index < -0.39 is 5.60 Å². The SMILES string of the molecule is O=C1OC2(CCOCC2)CN1c1cnc([C@H]2CCCN2)cn1. The zero-order valence-corrected chi connectivity index (χ0v) is 12.5. The molecule has 3 aliphatic rings. The minimum absolute atomic E-state index is 0.286. The molecule has 1 amide bonds. The van der Waals surface area contributed by atoms with E-state index in [1.54, 1.807) is 17.3 Å². The van der Waals surface area contributed by atoms with E-state index in [0.29, 0.717) is 25.6 Å². The van der Waals surface area contributed by atoms with E-state index in [4.69, 9.17) is 9.47 Å². The van der Waals surface area contributed by atoms with Crippen molar-refractivity contribution in [2.45, 2.75) is 37.3 Å². The average molecular weight is 304 g/mol. The smallest absolute Gasteiger partial charge is 0.416 e. The quantitative estimate of drug-likeness (QED) is 0.890. The van der Waals surface area contributed by atoms with Crippen LogP contribution in [0.2, 0.25) is 0 Å². The number of amides is 1. The summed E-state index contributed by atoms with van der Waals surface area (Å²) in [7, 11) is 0. The van der Waals surface area contributed by atoms with Crippen LogP contribution in [0.3, 0.4) is 0 Å². The van der Waals surface area contributed by atoms with E-state index in [2.05, 4.69) is 15.3 Å². The summed E-state index contributed by atoms with van der Waals surface area (Å²) < 4.78 is 11.0. The maximum Gasteiger partial charge on any atom is 0.416 e. The van der Waals surface area contributed by atoms with Crippen LogP contribution in [-0.4, -0.2) is 48.0 Å². The molecular formula is C15H20N4O3. The van der Waals surface area contributed by atoms with Gasteiger partial charge in [0.1, 0.15) is 5.60 Å². The second-order valence-electron chi connectivity index (χ2n) is 6.20. The number of carbonyl (C=O) groups is 1. The molecule has 7 heteroatoms. The molecule has 3 aliphatic heterocycles. The number of rotatable bonds is 2. The first-order valence-electron chi connectivity index (χ1n) is 7.89. The first-order valence-corrected chi connectivity index (χ1v) is 7.89. The summed E-state index contributed by atoms with van der Waals surface area (Å²) in [6.45, 7) is 2.83. The van der Waals surface area contributed by atoms with Gasteiger partial charge in [-0.25, -0.2) is 9.78 Å². The summed E-state index contributed by atoms with van der Waals surface area (Å²) in [4.78, 5) is 22.7. The first-order chi connectivity index (χ1) is 10.8. The van der Waals surface area contributed by atoms with Crippen molar-refractivity contribution >= 4 is 11.9 Å². The van der Waals surface area contributed by atoms with Crippen LogP contribution in [0.15, 0.2) is 12.4 Å². The highest BCUT2D eigenvalue weighted by Crippen LogP contribution is 2.34. The van der Waals surface area contributed by atoms with Crippen molar-refractivity contribution in [1.29, 1.82) is 0 Å². The van der Waals surface area contributed by atoms with Gasteiger partial charge >= 0.3 is 6.09 Å². The second kappa shape index (κ2) is 5.48. The molecular weight excluding hydrogens is 284 g/mol. The maximum atomic E-state index is 12.2. The molecule has 22 heavy (non-hydrogen) atoms. The van der Waals surface area contributed by atoms with E-state index in [9.17, 15) is 4.79 Å². The summed E-state index contributed by atoms with van der Waals surface area (Å²) >= 11 is 0. The molecule has 0 aromatic carbocycles. The standard InChI is InChI=1S/C15H20N4O3/c20-14-19(10-15(22-14)3-6-21-7-4-15)13-9-17-12(8-18-13)11-2-1-5-16-11/h8-9,11,16H,1-7,10H2/t11-/m1/s1. The van der Waals surface area contributed by atoms with Crippen molar-refractivity contribution in [2.75, 3.05) is 31.2 Å². The Morgan fingerprint density at radius 1 is 1.27 bits per heavy atom. The maximum absolute atomic E-state index is 12.2. The average Bonchev–Trinajstić information content (AvgIpc) is 3.17. The fourth-order valence-electron chi connectivity index (χ4n) is 3.39. The Bertz CT molecular complexity index is 550. The molecule has 3 fully saturated rings. The molecule has 0 saturated carbocycles. The molecule has 7 nitrogen and oxygen atoms in total. The van der Waals surface area contributed by atoms with E-state index in [1.165, 1.54) is 0 Å². The van der Waals surface area contributed by atoms with Gasteiger partial charge in [-0.1, -0.05) is 0 Å². The number of aromatic nitrogens is 2. The van der Waals surface area contributed by atoms with Crippen LogP contribution >= 0.6 is 0 Å². The molecule has 3 saturated heterocycles. The van der Waals surface area contributed by atoms with Crippen LogP contribution in [0.4, 0.5) is 10.6 Å². The van der Waals surface area contributed by atoms with Crippen LogP contribution in [0.5, 0.6) is 0 Å². The summed E-state index contributed by atoms with van der Waals surface area (Å²) in [6, 6.07) is 0.286. The summed E-state index contributed by atoms with van der Waals surface area (Å²) in [6.07, 6.45) is 6.85. The van der Waals surface area contributed by atoms with E-state index in [1.807, 2.05) is 0 Å². The van der Waals surface area contributed by atoms with Crippen molar-refractivity contribution in [2.24, 2.45) is 0 Å². The van der Waals surface area contributed by atoms with Crippen molar-refractivity contribution in [3.05, 3.63) is 18.1 Å². The monoisotopic (exact) mass is 304 g/mol. The number of carbonyl (C=O) groups excluding carboxylic acids is 1. The summed E-state index contributed by atoms with van der Waals surface area (Å²) in [5.74, 6) is 0.565. The minimum atomic E-state index is -0.414. The number of hydrogen-bond acceptors (Lipinski definition) is 6. The number of ether oxygens (including phenoxy) is 2. The van der Waals surface area contributed by atoms with Gasteiger partial charge in [0.15, 0.2) is 5.82 Å². The Hall–Kier alpha value is -1.73. The van der Waals surface area contributed by atoms with E-state index in [0.717, 1.165) is 37.9 Å². The van der Waals surface area contributed by atoms with Crippen molar-refractivity contribution < 1.29 is 14.3 Å². The topological polar surface area (TPSA) is 76.6 Å². The van der Waals surface area contributed by atoms with Crippen molar-refractivity contribution in [1.82, 2.24) is 15.3 Å². The Labute approximate surface area is 129 Å². The molecule has 1 atom stereocenters. The Balaban J connectivity index is 1.50. The predicted molar refractivity (Wildman–Crippen MR) is 78.6 cm³/mol. The lowest BCUT2D eigenvalue weighted by Gasteiger charge is -2.30. The van der Waals surface area contributed by atoms with Crippen LogP contribution in [0, 0.1) is 0 Å². The molecule has 0 aliphatic carbocycles. The van der Waals surface area contributed by atoms with Crippen LogP contribution in [-0.2, 0) is 9.47 Å². The van der Waals surface area contributed by atoms with Crippen LogP contribution < -0.4 is 10.2 Å². The highest BCUT2D eigenvalue weighted by Gasteiger charge is 2.47. The molecule has 1 aromatic rings. The van der Waals surface area contributed by atoms with E-state index in [-0.39, 0.29) is 12.1 Å². The van der Waals surface area contributed by atoms with Gasteiger partial charge in [0, 0.05) is 12.8 Å². The predicted octanol–water partition coefficient (Wildman–Crippen LogP) is 1.41. The van der Waals surface area contributed by atoms with Crippen LogP contribution in [0.1, 0.15) is 37.4 Å². The number of nitrogens with one attached hydrogen (secondary N) is 1. The highest BCUT2D eigenvalue weighted by molar-refractivity contribution is 5.89. The third kappa shape index (κ3) is 2.44. The fraction of sp³-hybridized carbons (Fsp3) is 0.667. The van der Waals surface area contributed by atoms with Gasteiger partial charge in [-0.15, -0.1) is 0 Å². The zero-order chi connectivity index (χ0) is 15.0.